The van der Waals surface area contributed by atoms with Gasteiger partial charge in [0.2, 0.25) is 0 Å². The van der Waals surface area contributed by atoms with E-state index in [0.717, 1.165) is 18.8 Å². The lowest BCUT2D eigenvalue weighted by molar-refractivity contribution is 0.0674. The first-order valence-electron chi connectivity index (χ1n) is 7.14. The van der Waals surface area contributed by atoms with Crippen LogP contribution >= 0.6 is 0 Å². The highest BCUT2D eigenvalue weighted by atomic mass is 16.2. The minimum Gasteiger partial charge on any atom is -0.336 e. The molecule has 0 saturated carbocycles. The summed E-state index contributed by atoms with van der Waals surface area (Å²) in [5.74, 6) is 0.0668. The fourth-order valence-corrected chi connectivity index (χ4v) is 2.80. The number of carbonyl (C=O) groups is 1. The van der Waals surface area contributed by atoms with Crippen molar-refractivity contribution in [1.82, 2.24) is 25.0 Å². The van der Waals surface area contributed by atoms with Crippen molar-refractivity contribution in [3.63, 3.8) is 0 Å². The van der Waals surface area contributed by atoms with Gasteiger partial charge in [-0.15, -0.1) is 0 Å². The molecule has 0 radical (unpaired) electrons. The number of rotatable bonds is 2. The number of hydrogen-bond acceptors (Lipinski definition) is 4. The minimum atomic E-state index is 0.0668. The van der Waals surface area contributed by atoms with Gasteiger partial charge in [-0.05, 0) is 32.0 Å². The summed E-state index contributed by atoms with van der Waals surface area (Å²) < 4.78 is 1.65. The second-order valence-corrected chi connectivity index (χ2v) is 5.57. The summed E-state index contributed by atoms with van der Waals surface area (Å²) in [6, 6.07) is 8.12. The van der Waals surface area contributed by atoms with Gasteiger partial charge in [0.05, 0.1) is 5.69 Å². The Hall–Kier alpha value is -2.21. The van der Waals surface area contributed by atoms with E-state index < -0.39 is 0 Å². The maximum Gasteiger partial charge on any atom is 0.254 e. The van der Waals surface area contributed by atoms with Crippen LogP contribution in [0.4, 0.5) is 0 Å². The van der Waals surface area contributed by atoms with Crippen molar-refractivity contribution in [2.45, 2.75) is 25.9 Å². The Balaban J connectivity index is 1.83. The molecule has 1 aromatic heterocycles. The second kappa shape index (κ2) is 5.65. The zero-order valence-electron chi connectivity index (χ0n) is 12.2. The fraction of sp³-hybridized carbons (Fsp3) is 0.400. The molecule has 2 atom stereocenters. The number of piperazine rings is 1. The summed E-state index contributed by atoms with van der Waals surface area (Å²) in [7, 11) is 0. The van der Waals surface area contributed by atoms with Gasteiger partial charge in [0, 0.05) is 30.7 Å². The van der Waals surface area contributed by atoms with Crippen LogP contribution in [0.3, 0.4) is 0 Å². The van der Waals surface area contributed by atoms with Gasteiger partial charge in [-0.3, -0.25) is 4.79 Å². The van der Waals surface area contributed by atoms with Crippen LogP contribution < -0.4 is 5.32 Å². The number of hydrogen-bond donors (Lipinski definition) is 1. The van der Waals surface area contributed by atoms with E-state index in [1.807, 2.05) is 29.2 Å². The largest absolute Gasteiger partial charge is 0.336 e. The van der Waals surface area contributed by atoms with E-state index in [2.05, 4.69) is 29.2 Å². The van der Waals surface area contributed by atoms with Gasteiger partial charge in [0.15, 0.2) is 0 Å². The number of nitrogens with zero attached hydrogens (tertiary/aromatic N) is 4. The Morgan fingerprint density at radius 2 is 2.05 bits per heavy atom. The third kappa shape index (κ3) is 2.95. The molecule has 1 aliphatic heterocycles. The van der Waals surface area contributed by atoms with E-state index in [1.54, 1.807) is 11.0 Å². The first kappa shape index (κ1) is 13.8. The molecule has 110 valence electrons. The molecule has 3 rings (SSSR count). The van der Waals surface area contributed by atoms with Crippen molar-refractivity contribution in [3.05, 3.63) is 42.5 Å². The van der Waals surface area contributed by atoms with Crippen LogP contribution in [0.25, 0.3) is 5.69 Å². The number of aromatic nitrogens is 3. The average molecular weight is 285 g/mol. The zero-order valence-corrected chi connectivity index (χ0v) is 12.2. The summed E-state index contributed by atoms with van der Waals surface area (Å²) in [6.07, 6.45) is 3.10. The van der Waals surface area contributed by atoms with Crippen molar-refractivity contribution < 1.29 is 4.79 Å². The smallest absolute Gasteiger partial charge is 0.254 e. The van der Waals surface area contributed by atoms with Crippen LogP contribution in [-0.2, 0) is 0 Å². The molecule has 0 unspecified atom stereocenters. The fourth-order valence-electron chi connectivity index (χ4n) is 2.80. The predicted octanol–water partition coefficient (Wildman–Crippen LogP) is 1.09. The van der Waals surface area contributed by atoms with Gasteiger partial charge < -0.3 is 10.2 Å². The van der Waals surface area contributed by atoms with Crippen LogP contribution in [0, 0.1) is 0 Å². The molecule has 0 spiro atoms. The minimum absolute atomic E-state index is 0.0668. The molecule has 1 aliphatic rings. The molecule has 0 bridgehead atoms. The predicted molar refractivity (Wildman–Crippen MR) is 79.3 cm³/mol. The van der Waals surface area contributed by atoms with Crippen molar-refractivity contribution in [2.75, 3.05) is 13.1 Å². The Labute approximate surface area is 123 Å². The molecule has 1 N–H and O–H groups in total. The van der Waals surface area contributed by atoms with Crippen molar-refractivity contribution >= 4 is 5.91 Å². The van der Waals surface area contributed by atoms with Gasteiger partial charge in [-0.2, -0.15) is 5.10 Å². The standard InChI is InChI=1S/C15H19N5O/c1-11-7-19(8-12(2)18-11)15(21)13-4-3-5-14(6-13)20-10-16-9-17-20/h3-6,9-12,18H,7-8H2,1-2H3/t11-,12-/m0/s1. The molecule has 6 nitrogen and oxygen atoms in total. The van der Waals surface area contributed by atoms with Gasteiger partial charge in [0.1, 0.15) is 12.7 Å². The lowest BCUT2D eigenvalue weighted by atomic mass is 10.1. The average Bonchev–Trinajstić information content (AvgIpc) is 3.00. The Morgan fingerprint density at radius 1 is 1.29 bits per heavy atom. The first-order valence-corrected chi connectivity index (χ1v) is 7.14. The molecule has 0 aliphatic carbocycles. The molecule has 2 aromatic rings. The van der Waals surface area contributed by atoms with Gasteiger partial charge in [-0.25, -0.2) is 9.67 Å². The summed E-state index contributed by atoms with van der Waals surface area (Å²) in [5, 5.41) is 7.53. The van der Waals surface area contributed by atoms with Crippen molar-refractivity contribution in [1.29, 1.82) is 0 Å². The lowest BCUT2D eigenvalue weighted by Crippen LogP contribution is -2.55. The highest BCUT2D eigenvalue weighted by molar-refractivity contribution is 5.94. The van der Waals surface area contributed by atoms with Gasteiger partial charge in [0.25, 0.3) is 5.91 Å². The van der Waals surface area contributed by atoms with E-state index in [-0.39, 0.29) is 5.91 Å². The zero-order chi connectivity index (χ0) is 14.8. The monoisotopic (exact) mass is 285 g/mol. The number of amides is 1. The van der Waals surface area contributed by atoms with Gasteiger partial charge >= 0.3 is 0 Å². The normalized spacial score (nSPS) is 22.3. The third-order valence-corrected chi connectivity index (χ3v) is 3.62. The highest BCUT2D eigenvalue weighted by Gasteiger charge is 2.25. The Kier molecular flexibility index (Phi) is 3.70. The molecular weight excluding hydrogens is 266 g/mol. The van der Waals surface area contributed by atoms with Crippen LogP contribution in [0.1, 0.15) is 24.2 Å². The summed E-state index contributed by atoms with van der Waals surface area (Å²) in [4.78, 5) is 18.5. The molecular formula is C15H19N5O. The van der Waals surface area contributed by atoms with Crippen LogP contribution in [-0.4, -0.2) is 50.7 Å². The van der Waals surface area contributed by atoms with Gasteiger partial charge in [-0.1, -0.05) is 6.07 Å². The summed E-state index contributed by atoms with van der Waals surface area (Å²) >= 11 is 0. The Bertz CT molecular complexity index is 615. The maximum absolute atomic E-state index is 12.7. The van der Waals surface area contributed by atoms with Crippen LogP contribution in [0.15, 0.2) is 36.9 Å². The van der Waals surface area contributed by atoms with E-state index in [9.17, 15) is 4.79 Å². The Morgan fingerprint density at radius 3 is 2.71 bits per heavy atom. The van der Waals surface area contributed by atoms with E-state index in [0.29, 0.717) is 17.6 Å². The first-order chi connectivity index (χ1) is 10.1. The topological polar surface area (TPSA) is 63.1 Å². The molecule has 2 heterocycles. The van der Waals surface area contributed by atoms with Crippen molar-refractivity contribution in [2.24, 2.45) is 0 Å². The summed E-state index contributed by atoms with van der Waals surface area (Å²) in [5.41, 5.74) is 1.53. The van der Waals surface area contributed by atoms with Crippen molar-refractivity contribution in [3.8, 4) is 5.69 Å². The SMILES string of the molecule is C[C@H]1CN(C(=O)c2cccc(-n3cncn3)c2)C[C@H](C)N1. The quantitative estimate of drug-likeness (QED) is 0.897. The number of benzene rings is 1. The molecule has 1 saturated heterocycles. The van der Waals surface area contributed by atoms with Crippen LogP contribution in [0.2, 0.25) is 0 Å². The molecule has 21 heavy (non-hydrogen) atoms. The molecule has 1 aromatic carbocycles. The maximum atomic E-state index is 12.7. The van der Waals surface area contributed by atoms with E-state index >= 15 is 0 Å². The van der Waals surface area contributed by atoms with E-state index in [1.165, 1.54) is 6.33 Å². The number of nitrogens with one attached hydrogen (secondary N) is 1. The summed E-state index contributed by atoms with van der Waals surface area (Å²) in [6.45, 7) is 5.66. The molecule has 6 heteroatoms. The molecule has 1 fully saturated rings. The molecule has 1 amide bonds. The van der Waals surface area contributed by atoms with E-state index in [4.69, 9.17) is 0 Å². The lowest BCUT2D eigenvalue weighted by Gasteiger charge is -2.36. The third-order valence-electron chi connectivity index (χ3n) is 3.62. The second-order valence-electron chi connectivity index (χ2n) is 5.57. The highest BCUT2D eigenvalue weighted by Crippen LogP contribution is 2.14. The van der Waals surface area contributed by atoms with Crippen LogP contribution in [0.5, 0.6) is 0 Å². The number of carbonyl (C=O) groups excluding carboxylic acids is 1.